The predicted molar refractivity (Wildman–Crippen MR) is 123 cm³/mol. The molecule has 0 aliphatic carbocycles. The summed E-state index contributed by atoms with van der Waals surface area (Å²) in [6.45, 7) is 2.52. The zero-order chi connectivity index (χ0) is 24.1. The molecule has 1 amide bonds. The molecule has 33 heavy (non-hydrogen) atoms. The number of aliphatic hydroxyl groups is 1. The molecule has 2 aromatic rings. The van der Waals surface area contributed by atoms with Crippen molar-refractivity contribution >= 4 is 17.4 Å². The highest BCUT2D eigenvalue weighted by atomic mass is 16.5. The number of carbonyl (C=O) groups excluding carboxylic acids is 2. The van der Waals surface area contributed by atoms with E-state index in [-0.39, 0.29) is 17.9 Å². The fourth-order valence-electron chi connectivity index (χ4n) is 4.05. The van der Waals surface area contributed by atoms with Crippen molar-refractivity contribution in [2.75, 3.05) is 41.6 Å². The molecule has 0 unspecified atom stereocenters. The first-order valence-corrected chi connectivity index (χ1v) is 10.5. The number of ether oxygens (including phenoxy) is 4. The Kier molecular flexibility index (Phi) is 7.60. The summed E-state index contributed by atoms with van der Waals surface area (Å²) in [4.78, 5) is 27.7. The molecule has 2 aromatic carbocycles. The van der Waals surface area contributed by atoms with Gasteiger partial charge in [0.05, 0.1) is 32.9 Å². The number of hydrogen-bond acceptors (Lipinski definition) is 7. The summed E-state index contributed by atoms with van der Waals surface area (Å²) in [5, 5.41) is 11.3. The van der Waals surface area contributed by atoms with Gasteiger partial charge in [-0.15, -0.1) is 0 Å². The molecule has 1 aliphatic heterocycles. The van der Waals surface area contributed by atoms with Gasteiger partial charge in [-0.3, -0.25) is 9.59 Å². The van der Waals surface area contributed by atoms with E-state index in [0.29, 0.717) is 41.4 Å². The van der Waals surface area contributed by atoms with Crippen LogP contribution in [0.3, 0.4) is 0 Å². The highest BCUT2D eigenvalue weighted by molar-refractivity contribution is 6.46. The van der Waals surface area contributed by atoms with Crippen molar-refractivity contribution in [3.05, 3.63) is 58.7 Å². The third-order valence-corrected chi connectivity index (χ3v) is 5.69. The van der Waals surface area contributed by atoms with Crippen molar-refractivity contribution in [3.8, 4) is 17.2 Å². The number of likely N-dealkylation sites (tertiary alicyclic amines) is 1. The molecule has 0 spiro atoms. The SMILES string of the molecule is COCCCN1C(=O)C(=O)/C(=C(/O)c2ccc(OC)c(C)c2)[C@H]1c1cc(OC)ccc1OC. The lowest BCUT2D eigenvalue weighted by Gasteiger charge is -2.27. The standard InChI is InChI=1S/C25H29NO7/c1-15-13-16(7-9-19(15)32-4)23(27)21-22(18-14-17(31-3)8-10-20(18)33-5)26(11-6-12-30-2)25(29)24(21)28/h7-10,13-14,22,27H,6,11-12H2,1-5H3/b23-21+/t22-/m1/s1. The van der Waals surface area contributed by atoms with Gasteiger partial charge in [0.2, 0.25) is 0 Å². The first-order chi connectivity index (χ1) is 15.9. The van der Waals surface area contributed by atoms with E-state index < -0.39 is 17.7 Å². The fraction of sp³-hybridized carbons (Fsp3) is 0.360. The lowest BCUT2D eigenvalue weighted by molar-refractivity contribution is -0.140. The van der Waals surface area contributed by atoms with Crippen LogP contribution in [-0.2, 0) is 14.3 Å². The number of Topliss-reactive ketones (excluding diaryl/α,β-unsaturated/α-hetero) is 1. The van der Waals surface area contributed by atoms with E-state index in [1.807, 2.05) is 6.92 Å². The Balaban J connectivity index is 2.22. The Morgan fingerprint density at radius 1 is 0.970 bits per heavy atom. The molecular weight excluding hydrogens is 426 g/mol. The zero-order valence-corrected chi connectivity index (χ0v) is 19.5. The molecule has 0 bridgehead atoms. The Hall–Kier alpha value is -3.52. The molecule has 1 N–H and O–H groups in total. The van der Waals surface area contributed by atoms with Crippen LogP contribution < -0.4 is 14.2 Å². The van der Waals surface area contributed by atoms with Gasteiger partial charge in [-0.2, -0.15) is 0 Å². The minimum Gasteiger partial charge on any atom is -0.507 e. The molecule has 1 fully saturated rings. The number of hydrogen-bond donors (Lipinski definition) is 1. The maximum absolute atomic E-state index is 13.2. The summed E-state index contributed by atoms with van der Waals surface area (Å²) in [6, 6.07) is 9.37. The Morgan fingerprint density at radius 2 is 1.67 bits per heavy atom. The summed E-state index contributed by atoms with van der Waals surface area (Å²) >= 11 is 0. The quantitative estimate of drug-likeness (QED) is 0.268. The minimum absolute atomic E-state index is 0.00598. The average molecular weight is 456 g/mol. The van der Waals surface area contributed by atoms with Gasteiger partial charge in [0.25, 0.3) is 11.7 Å². The number of methoxy groups -OCH3 is 4. The Bertz CT molecular complexity index is 1080. The number of carbonyl (C=O) groups is 2. The topological polar surface area (TPSA) is 94.5 Å². The third kappa shape index (κ3) is 4.66. The van der Waals surface area contributed by atoms with Crippen LogP contribution in [0, 0.1) is 6.92 Å². The monoisotopic (exact) mass is 455 g/mol. The Morgan fingerprint density at radius 3 is 2.27 bits per heavy atom. The molecule has 0 radical (unpaired) electrons. The second-order valence-corrected chi connectivity index (χ2v) is 7.63. The third-order valence-electron chi connectivity index (χ3n) is 5.69. The van der Waals surface area contributed by atoms with Gasteiger partial charge in [-0.25, -0.2) is 0 Å². The molecule has 1 heterocycles. The van der Waals surface area contributed by atoms with E-state index in [1.54, 1.807) is 50.6 Å². The zero-order valence-electron chi connectivity index (χ0n) is 19.5. The lowest BCUT2D eigenvalue weighted by Crippen LogP contribution is -2.31. The van der Waals surface area contributed by atoms with Gasteiger partial charge in [0.15, 0.2) is 0 Å². The summed E-state index contributed by atoms with van der Waals surface area (Å²) in [7, 11) is 6.17. The van der Waals surface area contributed by atoms with Crippen LogP contribution >= 0.6 is 0 Å². The first kappa shape index (κ1) is 24.1. The van der Waals surface area contributed by atoms with Crippen LogP contribution in [0.4, 0.5) is 0 Å². The summed E-state index contributed by atoms with van der Waals surface area (Å²) in [5.41, 5.74) is 1.73. The second-order valence-electron chi connectivity index (χ2n) is 7.63. The van der Waals surface area contributed by atoms with Crippen molar-refractivity contribution in [2.24, 2.45) is 0 Å². The molecule has 0 saturated carbocycles. The van der Waals surface area contributed by atoms with Crippen molar-refractivity contribution in [1.29, 1.82) is 0 Å². The van der Waals surface area contributed by atoms with Crippen molar-refractivity contribution in [3.63, 3.8) is 0 Å². The number of nitrogens with zero attached hydrogens (tertiary/aromatic N) is 1. The highest BCUT2D eigenvalue weighted by Gasteiger charge is 2.47. The van der Waals surface area contributed by atoms with Crippen LogP contribution in [0.15, 0.2) is 42.0 Å². The molecule has 8 nitrogen and oxygen atoms in total. The summed E-state index contributed by atoms with van der Waals surface area (Å²) < 4.78 is 21.3. The van der Waals surface area contributed by atoms with Crippen LogP contribution in [0.1, 0.15) is 29.2 Å². The van der Waals surface area contributed by atoms with Crippen molar-refractivity contribution in [2.45, 2.75) is 19.4 Å². The number of aryl methyl sites for hydroxylation is 1. The molecule has 1 atom stereocenters. The normalized spacial score (nSPS) is 17.4. The maximum Gasteiger partial charge on any atom is 0.295 e. The largest absolute Gasteiger partial charge is 0.507 e. The fourth-order valence-corrected chi connectivity index (χ4v) is 4.05. The van der Waals surface area contributed by atoms with Crippen molar-refractivity contribution in [1.82, 2.24) is 4.90 Å². The second kappa shape index (κ2) is 10.4. The molecule has 3 rings (SSSR count). The maximum atomic E-state index is 13.2. The molecule has 176 valence electrons. The highest BCUT2D eigenvalue weighted by Crippen LogP contribution is 2.44. The number of amides is 1. The van der Waals surface area contributed by atoms with Gasteiger partial charge in [-0.1, -0.05) is 0 Å². The van der Waals surface area contributed by atoms with Gasteiger partial charge in [0, 0.05) is 31.4 Å². The number of aliphatic hydroxyl groups excluding tert-OH is 1. The van der Waals surface area contributed by atoms with E-state index in [1.165, 1.54) is 19.1 Å². The minimum atomic E-state index is -0.852. The summed E-state index contributed by atoms with van der Waals surface area (Å²) in [6.07, 6.45) is 0.522. The molecule has 8 heteroatoms. The lowest BCUT2D eigenvalue weighted by atomic mass is 9.94. The molecule has 1 aliphatic rings. The van der Waals surface area contributed by atoms with E-state index in [4.69, 9.17) is 18.9 Å². The van der Waals surface area contributed by atoms with Gasteiger partial charge < -0.3 is 29.0 Å². The van der Waals surface area contributed by atoms with E-state index >= 15 is 0 Å². The van der Waals surface area contributed by atoms with Gasteiger partial charge >= 0.3 is 0 Å². The van der Waals surface area contributed by atoms with E-state index in [9.17, 15) is 14.7 Å². The molecular formula is C25H29NO7. The van der Waals surface area contributed by atoms with Gasteiger partial charge in [-0.05, 0) is 55.3 Å². The van der Waals surface area contributed by atoms with Crippen LogP contribution in [0.2, 0.25) is 0 Å². The van der Waals surface area contributed by atoms with Crippen LogP contribution in [-0.4, -0.2) is 63.3 Å². The van der Waals surface area contributed by atoms with Crippen LogP contribution in [0.25, 0.3) is 5.76 Å². The predicted octanol–water partition coefficient (Wildman–Crippen LogP) is 3.48. The average Bonchev–Trinajstić information content (AvgIpc) is 3.08. The number of rotatable bonds is 9. The Labute approximate surface area is 193 Å². The summed E-state index contributed by atoms with van der Waals surface area (Å²) in [5.74, 6) is -0.0494. The number of ketones is 1. The smallest absolute Gasteiger partial charge is 0.295 e. The van der Waals surface area contributed by atoms with E-state index in [2.05, 4.69) is 0 Å². The van der Waals surface area contributed by atoms with Gasteiger partial charge in [0.1, 0.15) is 23.0 Å². The first-order valence-electron chi connectivity index (χ1n) is 10.5. The van der Waals surface area contributed by atoms with Crippen LogP contribution in [0.5, 0.6) is 17.2 Å². The van der Waals surface area contributed by atoms with E-state index in [0.717, 1.165) is 5.56 Å². The number of benzene rings is 2. The van der Waals surface area contributed by atoms with Crippen molar-refractivity contribution < 1.29 is 33.6 Å². The molecule has 1 saturated heterocycles. The molecule has 0 aromatic heterocycles.